The van der Waals surface area contributed by atoms with Crippen LogP contribution in [0, 0.1) is 0 Å². The van der Waals surface area contributed by atoms with E-state index in [2.05, 4.69) is 36.6 Å². The Balaban J connectivity index is 1.69. The third kappa shape index (κ3) is 4.44. The van der Waals surface area contributed by atoms with Crippen LogP contribution < -0.4 is 20.3 Å². The maximum atomic E-state index is 12.6. The smallest absolute Gasteiger partial charge is 0.262 e. The predicted molar refractivity (Wildman–Crippen MR) is 111 cm³/mol. The molecule has 148 valence electrons. The molecule has 2 aromatic carbocycles. The van der Waals surface area contributed by atoms with Gasteiger partial charge in [-0.1, -0.05) is 38.1 Å². The van der Waals surface area contributed by atoms with E-state index >= 15 is 0 Å². The number of para-hydroxylation sites is 2. The number of hydrogen-bond donors (Lipinski definition) is 2. The molecule has 0 bridgehead atoms. The molecule has 6 heteroatoms. The Morgan fingerprint density at radius 3 is 2.57 bits per heavy atom. The summed E-state index contributed by atoms with van der Waals surface area (Å²) in [5.41, 5.74) is 2.84. The highest BCUT2D eigenvalue weighted by molar-refractivity contribution is 5.95. The van der Waals surface area contributed by atoms with Gasteiger partial charge in [-0.05, 0) is 42.2 Å². The van der Waals surface area contributed by atoms with Crippen molar-refractivity contribution in [2.24, 2.45) is 0 Å². The average molecular weight is 381 g/mol. The molecule has 6 nitrogen and oxygen atoms in total. The van der Waals surface area contributed by atoms with Crippen LogP contribution in [0.4, 0.5) is 11.4 Å². The molecule has 0 fully saturated rings. The van der Waals surface area contributed by atoms with Crippen molar-refractivity contribution in [3.8, 4) is 5.75 Å². The van der Waals surface area contributed by atoms with Gasteiger partial charge in [0.1, 0.15) is 5.75 Å². The molecule has 2 aromatic rings. The molecule has 0 radical (unpaired) electrons. The zero-order chi connectivity index (χ0) is 20.1. The Morgan fingerprint density at radius 2 is 1.89 bits per heavy atom. The number of fused-ring (bicyclic) bond motifs is 1. The highest BCUT2D eigenvalue weighted by atomic mass is 16.5. The molecule has 0 spiro atoms. The van der Waals surface area contributed by atoms with Crippen molar-refractivity contribution in [3.05, 3.63) is 54.1 Å². The molecular formula is C22H27N3O3. The Hall–Kier alpha value is -3.02. The maximum Gasteiger partial charge on any atom is 0.262 e. The fourth-order valence-corrected chi connectivity index (χ4v) is 3.26. The first-order valence-corrected chi connectivity index (χ1v) is 9.63. The molecule has 2 amide bonds. The van der Waals surface area contributed by atoms with Gasteiger partial charge in [0.15, 0.2) is 6.10 Å². The summed E-state index contributed by atoms with van der Waals surface area (Å²) in [7, 11) is 1.58. The van der Waals surface area contributed by atoms with Gasteiger partial charge in [0.2, 0.25) is 5.91 Å². The summed E-state index contributed by atoms with van der Waals surface area (Å²) in [5, 5.41) is 5.55. The quantitative estimate of drug-likeness (QED) is 0.806. The largest absolute Gasteiger partial charge is 0.477 e. The van der Waals surface area contributed by atoms with E-state index in [9.17, 15) is 9.59 Å². The number of likely N-dealkylation sites (N-methyl/N-ethyl adjacent to an activating group) is 1. The van der Waals surface area contributed by atoms with Gasteiger partial charge in [-0.2, -0.15) is 0 Å². The van der Waals surface area contributed by atoms with E-state index in [-0.39, 0.29) is 18.4 Å². The van der Waals surface area contributed by atoms with Crippen LogP contribution in [0.15, 0.2) is 48.5 Å². The minimum atomic E-state index is -0.650. The van der Waals surface area contributed by atoms with Crippen molar-refractivity contribution in [2.45, 2.75) is 32.3 Å². The van der Waals surface area contributed by atoms with Gasteiger partial charge in [0.05, 0.1) is 18.8 Å². The number of hydrogen-bond acceptors (Lipinski definition) is 4. The Kier molecular flexibility index (Phi) is 6.19. The van der Waals surface area contributed by atoms with Gasteiger partial charge in [0, 0.05) is 12.7 Å². The topological polar surface area (TPSA) is 70.7 Å². The van der Waals surface area contributed by atoms with Crippen LogP contribution in [0.3, 0.4) is 0 Å². The van der Waals surface area contributed by atoms with Gasteiger partial charge in [-0.3, -0.25) is 9.59 Å². The second-order valence-electron chi connectivity index (χ2n) is 7.05. The van der Waals surface area contributed by atoms with Crippen molar-refractivity contribution in [3.63, 3.8) is 0 Å². The van der Waals surface area contributed by atoms with E-state index < -0.39 is 6.10 Å². The molecule has 2 N–H and O–H groups in total. The zero-order valence-electron chi connectivity index (χ0n) is 16.6. The second kappa shape index (κ2) is 8.78. The Bertz CT molecular complexity index is 835. The van der Waals surface area contributed by atoms with Crippen molar-refractivity contribution >= 4 is 23.2 Å². The second-order valence-corrected chi connectivity index (χ2v) is 7.05. The Labute approximate surface area is 165 Å². The number of benzene rings is 2. The number of rotatable bonds is 6. The number of carbonyl (C=O) groups excluding carboxylic acids is 2. The minimum absolute atomic E-state index is 0.136. The number of nitrogens with one attached hydrogen (secondary N) is 2. The normalized spacial score (nSPS) is 16.5. The monoisotopic (exact) mass is 381 g/mol. The summed E-state index contributed by atoms with van der Waals surface area (Å²) < 4.78 is 5.78. The van der Waals surface area contributed by atoms with Gasteiger partial charge < -0.3 is 20.3 Å². The number of ether oxygens (including phenoxy) is 1. The predicted octanol–water partition coefficient (Wildman–Crippen LogP) is 3.15. The molecule has 28 heavy (non-hydrogen) atoms. The lowest BCUT2D eigenvalue weighted by Gasteiger charge is -2.35. The molecule has 0 saturated carbocycles. The molecule has 0 aromatic heterocycles. The Morgan fingerprint density at radius 1 is 1.18 bits per heavy atom. The first kappa shape index (κ1) is 19.7. The van der Waals surface area contributed by atoms with E-state index in [4.69, 9.17) is 4.74 Å². The van der Waals surface area contributed by atoms with Crippen LogP contribution in [-0.4, -0.2) is 38.1 Å². The van der Waals surface area contributed by atoms with Gasteiger partial charge in [-0.15, -0.1) is 0 Å². The van der Waals surface area contributed by atoms with Crippen LogP contribution in [0.1, 0.15) is 31.7 Å². The average Bonchev–Trinajstić information content (AvgIpc) is 2.73. The summed E-state index contributed by atoms with van der Waals surface area (Å²) in [5.74, 6) is 0.758. The van der Waals surface area contributed by atoms with Crippen LogP contribution >= 0.6 is 0 Å². The lowest BCUT2D eigenvalue weighted by molar-refractivity contribution is -0.127. The first-order valence-electron chi connectivity index (χ1n) is 9.63. The fraction of sp³-hybridized carbons (Fsp3) is 0.364. The highest BCUT2D eigenvalue weighted by Gasteiger charge is 2.30. The molecule has 0 unspecified atom stereocenters. The maximum absolute atomic E-state index is 12.6. The number of amides is 2. The van der Waals surface area contributed by atoms with E-state index in [0.29, 0.717) is 18.2 Å². The standard InChI is InChI=1S/C22H27N3O3/c1-4-15(2)16-9-11-17(12-10-16)24-21(26)14-25-13-20(22(27)23-3)28-19-8-6-5-7-18(19)25/h5-12,15,20H,4,13-14H2,1-3H3,(H,23,27)(H,24,26)/t15-,20-/m1/s1. The van der Waals surface area contributed by atoms with Gasteiger partial charge in [-0.25, -0.2) is 0 Å². The van der Waals surface area contributed by atoms with Crippen LogP contribution in [0.25, 0.3) is 0 Å². The number of nitrogens with zero attached hydrogens (tertiary/aromatic N) is 1. The number of carbonyl (C=O) groups is 2. The highest BCUT2D eigenvalue weighted by Crippen LogP contribution is 2.33. The van der Waals surface area contributed by atoms with Crippen LogP contribution in [-0.2, 0) is 9.59 Å². The van der Waals surface area contributed by atoms with Gasteiger partial charge in [0.25, 0.3) is 5.91 Å². The fourth-order valence-electron chi connectivity index (χ4n) is 3.26. The molecule has 1 heterocycles. The molecular weight excluding hydrogens is 354 g/mol. The van der Waals surface area contributed by atoms with E-state index in [1.807, 2.05) is 41.3 Å². The van der Waals surface area contributed by atoms with Crippen LogP contribution in [0.2, 0.25) is 0 Å². The minimum Gasteiger partial charge on any atom is -0.477 e. The summed E-state index contributed by atoms with van der Waals surface area (Å²) in [6.45, 7) is 4.80. The van der Waals surface area contributed by atoms with Crippen molar-refractivity contribution in [2.75, 3.05) is 30.4 Å². The molecule has 1 aliphatic rings. The molecule has 3 rings (SSSR count). The molecule has 2 atom stereocenters. The zero-order valence-corrected chi connectivity index (χ0v) is 16.6. The van der Waals surface area contributed by atoms with Crippen molar-refractivity contribution < 1.29 is 14.3 Å². The SMILES string of the molecule is CC[C@@H](C)c1ccc(NC(=O)CN2C[C@H](C(=O)NC)Oc3ccccc32)cc1. The van der Waals surface area contributed by atoms with Gasteiger partial charge >= 0.3 is 0 Å². The van der Waals surface area contributed by atoms with E-state index in [1.54, 1.807) is 7.05 Å². The summed E-state index contributed by atoms with van der Waals surface area (Å²) in [6, 6.07) is 15.4. The van der Waals surface area contributed by atoms with E-state index in [1.165, 1.54) is 5.56 Å². The summed E-state index contributed by atoms with van der Waals surface area (Å²) in [4.78, 5) is 26.5. The molecule has 0 saturated heterocycles. The van der Waals surface area contributed by atoms with Crippen molar-refractivity contribution in [1.29, 1.82) is 0 Å². The third-order valence-electron chi connectivity index (χ3n) is 5.11. The third-order valence-corrected chi connectivity index (χ3v) is 5.11. The lowest BCUT2D eigenvalue weighted by atomic mass is 9.99. The summed E-state index contributed by atoms with van der Waals surface area (Å²) in [6.07, 6.45) is 0.428. The lowest BCUT2D eigenvalue weighted by Crippen LogP contribution is -2.50. The van der Waals surface area contributed by atoms with Crippen molar-refractivity contribution in [1.82, 2.24) is 5.32 Å². The first-order chi connectivity index (χ1) is 13.5. The summed E-state index contributed by atoms with van der Waals surface area (Å²) >= 11 is 0. The van der Waals surface area contributed by atoms with E-state index in [0.717, 1.165) is 17.8 Å². The molecule has 1 aliphatic heterocycles. The number of anilines is 2. The van der Waals surface area contributed by atoms with Crippen LogP contribution in [0.5, 0.6) is 5.75 Å². The molecule has 0 aliphatic carbocycles.